The first-order chi connectivity index (χ1) is 17.6. The summed E-state index contributed by atoms with van der Waals surface area (Å²) in [5.41, 5.74) is -1.45. The van der Waals surface area contributed by atoms with Crippen molar-refractivity contribution in [3.63, 3.8) is 0 Å². The van der Waals surface area contributed by atoms with E-state index in [0.717, 1.165) is 0 Å². The largest absolute Gasteiger partial charge is 0.394 e. The molecule has 0 saturated heterocycles. The summed E-state index contributed by atoms with van der Waals surface area (Å²) in [7, 11) is 0. The maximum atomic E-state index is 14.3. The number of benzene rings is 2. The highest BCUT2D eigenvalue weighted by atomic mass is 19.2. The van der Waals surface area contributed by atoms with E-state index < -0.39 is 126 Å². The smallest absolute Gasteiger partial charge is 0.197 e. The van der Waals surface area contributed by atoms with Crippen LogP contribution in [0, 0.1) is 58.4 Å². The minimum atomic E-state index is -2.32. The van der Waals surface area contributed by atoms with Gasteiger partial charge in [0.1, 0.15) is 24.4 Å². The van der Waals surface area contributed by atoms with Crippen molar-refractivity contribution in [1.82, 2.24) is 0 Å². The van der Waals surface area contributed by atoms with Crippen molar-refractivity contribution in [3.05, 3.63) is 69.8 Å². The molecule has 2 rings (SSSR count). The van der Waals surface area contributed by atoms with Crippen molar-refractivity contribution in [2.75, 3.05) is 6.61 Å². The Bertz CT molecular complexity index is 1120. The van der Waals surface area contributed by atoms with E-state index in [1.165, 1.54) is 6.92 Å². The standard InChI is InChI=1S/C24H26F8O6/c1-8(2-9-5-12(25)17(29)19(31)15(9)27)3-11(4-10-6-13(26)18(30)20(32)16(10)28)21(35)23(37)24(38)22(36)14(34)7-33/h5-6,8,11,14,21-24,33-38H,2-4,7H2,1H3/t8?,11?,14-,21?,22+,23+,24-/m0/s1. The van der Waals surface area contributed by atoms with Crippen molar-refractivity contribution >= 4 is 0 Å². The molecule has 0 fully saturated rings. The van der Waals surface area contributed by atoms with E-state index in [2.05, 4.69) is 0 Å². The van der Waals surface area contributed by atoms with Gasteiger partial charge in [-0.3, -0.25) is 0 Å². The van der Waals surface area contributed by atoms with Gasteiger partial charge in [0.2, 0.25) is 0 Å². The molecular formula is C24H26F8O6. The minimum Gasteiger partial charge on any atom is -0.394 e. The Balaban J connectivity index is 2.40. The van der Waals surface area contributed by atoms with E-state index in [9.17, 15) is 60.7 Å². The van der Waals surface area contributed by atoms with Gasteiger partial charge in [-0.05, 0) is 54.4 Å². The second-order valence-corrected chi connectivity index (χ2v) is 9.14. The normalized spacial score (nSPS) is 17.6. The Kier molecular flexibility index (Phi) is 11.0. The molecule has 0 aliphatic carbocycles. The molecule has 14 heteroatoms. The van der Waals surface area contributed by atoms with Gasteiger partial charge in [0.15, 0.2) is 46.5 Å². The molecule has 6 nitrogen and oxygen atoms in total. The fraction of sp³-hybridized carbons (Fsp3) is 0.500. The highest BCUT2D eigenvalue weighted by Crippen LogP contribution is 2.30. The molecule has 0 amide bonds. The van der Waals surface area contributed by atoms with Crippen LogP contribution < -0.4 is 0 Å². The number of halogens is 8. The van der Waals surface area contributed by atoms with Gasteiger partial charge in [-0.1, -0.05) is 6.92 Å². The second-order valence-electron chi connectivity index (χ2n) is 9.14. The summed E-state index contributed by atoms with van der Waals surface area (Å²) >= 11 is 0. The van der Waals surface area contributed by atoms with E-state index in [1.54, 1.807) is 0 Å². The van der Waals surface area contributed by atoms with E-state index in [1.807, 2.05) is 0 Å². The topological polar surface area (TPSA) is 121 Å². The van der Waals surface area contributed by atoms with Crippen LogP contribution in [0.25, 0.3) is 0 Å². The average molecular weight is 562 g/mol. The fourth-order valence-corrected chi connectivity index (χ4v) is 4.16. The predicted molar refractivity (Wildman–Crippen MR) is 114 cm³/mol. The van der Waals surface area contributed by atoms with Crippen molar-refractivity contribution in [1.29, 1.82) is 0 Å². The van der Waals surface area contributed by atoms with Crippen molar-refractivity contribution in [2.45, 2.75) is 56.7 Å². The summed E-state index contributed by atoms with van der Waals surface area (Å²) in [6.45, 7) is 0.269. The zero-order valence-electron chi connectivity index (χ0n) is 19.7. The first-order valence-electron chi connectivity index (χ1n) is 11.3. The molecule has 6 N–H and O–H groups in total. The van der Waals surface area contributed by atoms with Crippen molar-refractivity contribution < 1.29 is 65.8 Å². The Morgan fingerprint density at radius 3 is 1.45 bits per heavy atom. The maximum absolute atomic E-state index is 14.3. The number of hydrogen-bond donors (Lipinski definition) is 6. The molecule has 0 aliphatic heterocycles. The maximum Gasteiger partial charge on any atom is 0.197 e. The summed E-state index contributed by atoms with van der Waals surface area (Å²) in [4.78, 5) is 0. The lowest BCUT2D eigenvalue weighted by Crippen LogP contribution is -2.52. The molecule has 0 aromatic heterocycles. The summed E-state index contributed by atoms with van der Waals surface area (Å²) in [5, 5.41) is 59.4. The van der Waals surface area contributed by atoms with E-state index in [-0.39, 0.29) is 6.07 Å². The van der Waals surface area contributed by atoms with Gasteiger partial charge in [-0.25, -0.2) is 35.1 Å². The van der Waals surface area contributed by atoms with Crippen LogP contribution in [0.1, 0.15) is 24.5 Å². The number of hydrogen-bond acceptors (Lipinski definition) is 6. The molecule has 2 aromatic rings. The third-order valence-corrected chi connectivity index (χ3v) is 6.23. The fourth-order valence-electron chi connectivity index (χ4n) is 4.16. The summed E-state index contributed by atoms with van der Waals surface area (Å²) in [5.74, 6) is -17.9. The zero-order chi connectivity index (χ0) is 29.1. The third-order valence-electron chi connectivity index (χ3n) is 6.23. The van der Waals surface area contributed by atoms with E-state index in [4.69, 9.17) is 5.11 Å². The van der Waals surface area contributed by atoms with Gasteiger partial charge >= 0.3 is 0 Å². The van der Waals surface area contributed by atoms with Crippen LogP contribution >= 0.6 is 0 Å². The number of rotatable bonds is 12. The molecule has 7 atom stereocenters. The Labute approximate surface area is 211 Å². The Morgan fingerprint density at radius 1 is 0.579 bits per heavy atom. The average Bonchev–Trinajstić information content (AvgIpc) is 2.89. The third kappa shape index (κ3) is 6.98. The second kappa shape index (κ2) is 13.1. The Morgan fingerprint density at radius 2 is 1.00 bits per heavy atom. The van der Waals surface area contributed by atoms with Crippen LogP contribution in [0.5, 0.6) is 0 Å². The highest BCUT2D eigenvalue weighted by Gasteiger charge is 2.38. The zero-order valence-corrected chi connectivity index (χ0v) is 19.7. The van der Waals surface area contributed by atoms with E-state index >= 15 is 0 Å². The lowest BCUT2D eigenvalue weighted by molar-refractivity contribution is -0.149. The molecule has 38 heavy (non-hydrogen) atoms. The SMILES string of the molecule is CC(Cc1cc(F)c(F)c(F)c1F)CC(Cc1cc(F)c(F)c(F)c1F)C(O)[C@@H](O)[C@@H](O)[C@H](O)[C@@H](O)CO. The van der Waals surface area contributed by atoms with Crippen LogP contribution in [-0.4, -0.2) is 67.8 Å². The summed E-state index contributed by atoms with van der Waals surface area (Å²) < 4.78 is 110. The van der Waals surface area contributed by atoms with Crippen LogP contribution in [0.15, 0.2) is 12.1 Å². The number of aliphatic hydroxyl groups is 6. The molecule has 3 unspecified atom stereocenters. The Hall–Kier alpha value is -2.36. The molecule has 0 aliphatic rings. The molecule has 0 saturated carbocycles. The molecule has 0 radical (unpaired) electrons. The summed E-state index contributed by atoms with van der Waals surface area (Å²) in [6, 6.07) is 0.654. The van der Waals surface area contributed by atoms with Gasteiger partial charge in [-0.15, -0.1) is 0 Å². The first-order valence-corrected chi connectivity index (χ1v) is 11.3. The minimum absolute atomic E-state index is 0.274. The van der Waals surface area contributed by atoms with Crippen LogP contribution in [0.3, 0.4) is 0 Å². The van der Waals surface area contributed by atoms with E-state index in [0.29, 0.717) is 6.07 Å². The van der Waals surface area contributed by atoms with Gasteiger partial charge < -0.3 is 30.6 Å². The molecule has 0 heterocycles. The molecule has 0 spiro atoms. The lowest BCUT2D eigenvalue weighted by atomic mass is 9.80. The molecular weight excluding hydrogens is 536 g/mol. The van der Waals surface area contributed by atoms with Gasteiger partial charge in [0, 0.05) is 0 Å². The van der Waals surface area contributed by atoms with Crippen molar-refractivity contribution in [2.24, 2.45) is 11.8 Å². The summed E-state index contributed by atoms with van der Waals surface area (Å²) in [6.07, 6.45) is -12.7. The molecule has 0 bridgehead atoms. The van der Waals surface area contributed by atoms with Gasteiger partial charge in [0.05, 0.1) is 12.7 Å². The van der Waals surface area contributed by atoms with Crippen LogP contribution in [0.4, 0.5) is 35.1 Å². The van der Waals surface area contributed by atoms with Crippen LogP contribution in [0.2, 0.25) is 0 Å². The monoisotopic (exact) mass is 562 g/mol. The van der Waals surface area contributed by atoms with Crippen LogP contribution in [-0.2, 0) is 12.8 Å². The highest BCUT2D eigenvalue weighted by molar-refractivity contribution is 5.24. The molecule has 214 valence electrons. The predicted octanol–water partition coefficient (Wildman–Crippen LogP) is 2.02. The first kappa shape index (κ1) is 31.9. The van der Waals surface area contributed by atoms with Gasteiger partial charge in [0.25, 0.3) is 0 Å². The van der Waals surface area contributed by atoms with Gasteiger partial charge in [-0.2, -0.15) is 0 Å². The number of aliphatic hydroxyl groups excluding tert-OH is 6. The quantitative estimate of drug-likeness (QED) is 0.134. The molecule has 2 aromatic carbocycles. The van der Waals surface area contributed by atoms with Crippen molar-refractivity contribution in [3.8, 4) is 0 Å². The lowest BCUT2D eigenvalue weighted by Gasteiger charge is -2.34.